The third kappa shape index (κ3) is 19.0. The van der Waals surface area contributed by atoms with E-state index in [1.807, 2.05) is 37.8 Å². The van der Waals surface area contributed by atoms with E-state index in [-0.39, 0.29) is 25.5 Å². The number of morpholine rings is 1. The molecule has 0 radical (unpaired) electrons. The zero-order valence-corrected chi connectivity index (χ0v) is 32.9. The molecule has 52 heavy (non-hydrogen) atoms. The topological polar surface area (TPSA) is 120 Å². The molecular formula is C40H60N4O7S. The maximum absolute atomic E-state index is 13.1. The molecule has 1 aliphatic heterocycles. The van der Waals surface area contributed by atoms with Crippen LogP contribution in [0, 0.1) is 0 Å². The van der Waals surface area contributed by atoms with Gasteiger partial charge >= 0.3 is 11.9 Å². The van der Waals surface area contributed by atoms with Gasteiger partial charge < -0.3 is 28.7 Å². The largest absolute Gasteiger partial charge is 0.470 e. The summed E-state index contributed by atoms with van der Waals surface area (Å²) in [4.78, 5) is 41.7. The Hall–Kier alpha value is -4.03. The summed E-state index contributed by atoms with van der Waals surface area (Å²) < 4.78 is 31.2. The van der Waals surface area contributed by atoms with Crippen molar-refractivity contribution in [2.45, 2.75) is 111 Å². The Bertz CT molecular complexity index is 1370. The molecule has 1 amide bonds. The van der Waals surface area contributed by atoms with Crippen LogP contribution in [-0.2, 0) is 28.6 Å². The molecular weight excluding hydrogens is 681 g/mol. The molecule has 288 valence electrons. The predicted molar refractivity (Wildman–Crippen MR) is 208 cm³/mol. The second kappa shape index (κ2) is 25.8. The average Bonchev–Trinajstić information content (AvgIpc) is 3.58. The van der Waals surface area contributed by atoms with E-state index in [4.69, 9.17) is 18.9 Å². The minimum atomic E-state index is -1.13. The summed E-state index contributed by atoms with van der Waals surface area (Å²) in [5.41, 5.74) is -0.531. The van der Waals surface area contributed by atoms with E-state index in [0.29, 0.717) is 44.4 Å². The zero-order valence-electron chi connectivity index (χ0n) is 32.0. The van der Waals surface area contributed by atoms with Gasteiger partial charge in [-0.25, -0.2) is 4.79 Å². The number of anilines is 1. The van der Waals surface area contributed by atoms with Crippen molar-refractivity contribution < 1.29 is 33.3 Å². The number of allylic oxidation sites excluding steroid dienone is 12. The molecule has 1 aromatic rings. The fourth-order valence-corrected chi connectivity index (χ4v) is 5.53. The molecule has 0 unspecified atom stereocenters. The fourth-order valence-electron chi connectivity index (χ4n) is 5.01. The number of amides is 1. The van der Waals surface area contributed by atoms with Gasteiger partial charge in [0.25, 0.3) is 5.88 Å². The van der Waals surface area contributed by atoms with Crippen molar-refractivity contribution in [3.05, 3.63) is 72.9 Å². The fraction of sp³-hybridized carbons (Fsp3) is 0.575. The first-order valence-electron chi connectivity index (χ1n) is 18.4. The average molecular weight is 741 g/mol. The number of carbonyl (C=O) groups is 3. The number of hydrogen-bond donors (Lipinski definition) is 0. The van der Waals surface area contributed by atoms with Crippen molar-refractivity contribution in [3.63, 3.8) is 0 Å². The van der Waals surface area contributed by atoms with Gasteiger partial charge in [0.15, 0.2) is 12.2 Å². The summed E-state index contributed by atoms with van der Waals surface area (Å²) in [5, 5.41) is 0. The van der Waals surface area contributed by atoms with Crippen LogP contribution in [0.15, 0.2) is 72.9 Å². The summed E-state index contributed by atoms with van der Waals surface area (Å²) in [6.07, 6.45) is 29.8. The van der Waals surface area contributed by atoms with Gasteiger partial charge in [-0.1, -0.05) is 79.8 Å². The van der Waals surface area contributed by atoms with Crippen molar-refractivity contribution in [1.82, 2.24) is 13.6 Å². The van der Waals surface area contributed by atoms with Gasteiger partial charge in [0.05, 0.1) is 31.5 Å². The third-order valence-electron chi connectivity index (χ3n) is 7.77. The van der Waals surface area contributed by atoms with E-state index in [1.54, 1.807) is 4.90 Å². The van der Waals surface area contributed by atoms with E-state index >= 15 is 0 Å². The lowest BCUT2D eigenvalue weighted by Gasteiger charge is -2.37. The zero-order chi connectivity index (χ0) is 38.0. The Kier molecular flexibility index (Phi) is 21.9. The highest BCUT2D eigenvalue weighted by Crippen LogP contribution is 2.27. The van der Waals surface area contributed by atoms with Gasteiger partial charge in [0, 0.05) is 32.0 Å². The molecule has 1 fully saturated rings. The predicted octanol–water partition coefficient (Wildman–Crippen LogP) is 7.72. The molecule has 0 bridgehead atoms. The lowest BCUT2D eigenvalue weighted by molar-refractivity contribution is -0.173. The number of rotatable bonds is 23. The molecule has 11 nitrogen and oxygen atoms in total. The summed E-state index contributed by atoms with van der Waals surface area (Å²) in [6, 6.07) is 0. The van der Waals surface area contributed by atoms with Crippen molar-refractivity contribution in [2.24, 2.45) is 0 Å². The van der Waals surface area contributed by atoms with Crippen molar-refractivity contribution in [2.75, 3.05) is 44.4 Å². The molecule has 1 aliphatic rings. The smallest absolute Gasteiger partial charge is 0.347 e. The molecule has 2 rings (SSSR count). The summed E-state index contributed by atoms with van der Waals surface area (Å²) in [5.74, 6) is -0.468. The first kappa shape index (κ1) is 44.1. The minimum absolute atomic E-state index is 0.0717. The third-order valence-corrected chi connectivity index (χ3v) is 8.27. The molecule has 0 aliphatic carbocycles. The molecule has 0 spiro atoms. The molecule has 1 saturated heterocycles. The Morgan fingerprint density at radius 3 is 1.90 bits per heavy atom. The lowest BCUT2D eigenvalue weighted by atomic mass is 10.1. The highest BCUT2D eigenvalue weighted by molar-refractivity contribution is 6.99. The van der Waals surface area contributed by atoms with Gasteiger partial charge in [0.2, 0.25) is 11.7 Å². The Morgan fingerprint density at radius 1 is 0.846 bits per heavy atom. The van der Waals surface area contributed by atoms with Crippen molar-refractivity contribution in [3.8, 4) is 5.88 Å². The minimum Gasteiger partial charge on any atom is -0.470 e. The molecule has 0 N–H and O–H groups in total. The summed E-state index contributed by atoms with van der Waals surface area (Å²) in [7, 11) is 0. The summed E-state index contributed by atoms with van der Waals surface area (Å²) in [6.45, 7) is 13.3. The normalized spacial score (nSPS) is 15.5. The van der Waals surface area contributed by atoms with Crippen LogP contribution < -0.4 is 9.64 Å². The Balaban J connectivity index is 1.76. The van der Waals surface area contributed by atoms with Crippen LogP contribution in [0.5, 0.6) is 5.88 Å². The highest BCUT2D eigenvalue weighted by atomic mass is 32.1. The van der Waals surface area contributed by atoms with Crippen LogP contribution in [0.3, 0.4) is 0 Å². The number of ether oxygens (including phenoxy) is 4. The number of esters is 2. The molecule has 1 aromatic heterocycles. The Labute approximate surface area is 315 Å². The van der Waals surface area contributed by atoms with Crippen LogP contribution in [0.4, 0.5) is 5.82 Å². The van der Waals surface area contributed by atoms with Crippen molar-refractivity contribution >= 4 is 35.4 Å². The number of hydrogen-bond acceptors (Lipinski definition) is 11. The van der Waals surface area contributed by atoms with E-state index in [9.17, 15) is 14.4 Å². The molecule has 2 heterocycles. The van der Waals surface area contributed by atoms with E-state index < -0.39 is 29.7 Å². The quantitative estimate of drug-likeness (QED) is 0.0815. The van der Waals surface area contributed by atoms with Crippen LogP contribution in [0.1, 0.15) is 92.9 Å². The SMILES string of the molecule is CC/C=C\C/C=C\C/C=C\C/C=C\C/C=C\C/C=C\CCC(=O)O[C@@H](C)C(=O)O[C@H](COc1nsnc1N1CCOCC1)CN(C(C)=O)C(C)(C)C. The van der Waals surface area contributed by atoms with Crippen LogP contribution in [-0.4, -0.2) is 88.7 Å². The number of aromatic nitrogens is 2. The van der Waals surface area contributed by atoms with E-state index in [1.165, 1.54) is 13.8 Å². The Morgan fingerprint density at radius 2 is 1.38 bits per heavy atom. The maximum atomic E-state index is 13.1. The van der Waals surface area contributed by atoms with Crippen molar-refractivity contribution in [1.29, 1.82) is 0 Å². The molecule has 0 aromatic carbocycles. The molecule has 12 heteroatoms. The maximum Gasteiger partial charge on any atom is 0.347 e. The molecule has 0 saturated carbocycles. The van der Waals surface area contributed by atoms with Gasteiger partial charge in [-0.3, -0.25) is 9.59 Å². The van der Waals surface area contributed by atoms with Gasteiger partial charge in [-0.2, -0.15) is 4.37 Å². The summed E-state index contributed by atoms with van der Waals surface area (Å²) >= 11 is 1.03. The highest BCUT2D eigenvalue weighted by Gasteiger charge is 2.31. The second-order valence-corrected chi connectivity index (χ2v) is 13.8. The van der Waals surface area contributed by atoms with E-state index in [0.717, 1.165) is 50.3 Å². The first-order chi connectivity index (χ1) is 25.0. The molecule has 2 atom stereocenters. The second-order valence-electron chi connectivity index (χ2n) is 13.2. The van der Waals surface area contributed by atoms with Crippen LogP contribution >= 0.6 is 11.7 Å². The standard InChI is InChI=1S/C40H60N4O7S/c1-7-8-9-10-11-12-13-14-15-16-17-18-19-20-21-22-23-24-25-26-36(46)50-33(2)39(47)51-35(31-44(34(3)45)40(4,5)6)32-49-38-37(41-52-42-38)43-27-29-48-30-28-43/h8-9,11-12,14-15,17-18,20-21,23-24,33,35H,7,10,13,16,19,22,25-32H2,1-6H3/b9-8-,12-11-,15-14-,18-17-,21-20-,24-23-/t33-,35-/m0/s1. The van der Waals surface area contributed by atoms with Crippen LogP contribution in [0.2, 0.25) is 0 Å². The number of nitrogens with zero attached hydrogens (tertiary/aromatic N) is 4. The van der Waals surface area contributed by atoms with Gasteiger partial charge in [-0.15, -0.1) is 4.37 Å². The van der Waals surface area contributed by atoms with Gasteiger partial charge in [0.1, 0.15) is 6.61 Å². The van der Waals surface area contributed by atoms with Crippen LogP contribution in [0.25, 0.3) is 0 Å². The van der Waals surface area contributed by atoms with Gasteiger partial charge in [-0.05, 0) is 72.6 Å². The van der Waals surface area contributed by atoms with E-state index in [2.05, 4.69) is 76.4 Å². The number of carbonyl (C=O) groups excluding carboxylic acids is 3. The first-order valence-corrected chi connectivity index (χ1v) is 19.1. The lowest BCUT2D eigenvalue weighted by Crippen LogP contribution is -2.50. The monoisotopic (exact) mass is 740 g/mol.